The van der Waals surface area contributed by atoms with Crippen molar-refractivity contribution < 1.29 is 4.79 Å². The average Bonchev–Trinajstić information content (AvgIpc) is 3.17. The highest BCUT2D eigenvalue weighted by Gasteiger charge is 2.48. The summed E-state index contributed by atoms with van der Waals surface area (Å²) in [5, 5.41) is 4.25. The molecule has 0 spiro atoms. The second-order valence-corrected chi connectivity index (χ2v) is 7.43. The maximum atomic E-state index is 13.3. The molecular formula is C20H25N3O. The fourth-order valence-electron chi connectivity index (χ4n) is 4.31. The van der Waals surface area contributed by atoms with Gasteiger partial charge in [0, 0.05) is 26.3 Å². The number of rotatable bonds is 4. The van der Waals surface area contributed by atoms with E-state index in [1.54, 1.807) is 0 Å². The minimum Gasteiger partial charge on any atom is -0.342 e. The molecule has 1 aromatic heterocycles. The van der Waals surface area contributed by atoms with Gasteiger partial charge in [-0.1, -0.05) is 36.8 Å². The zero-order valence-electron chi connectivity index (χ0n) is 14.3. The molecule has 0 N–H and O–H groups in total. The van der Waals surface area contributed by atoms with Gasteiger partial charge in [-0.2, -0.15) is 5.10 Å². The van der Waals surface area contributed by atoms with Crippen LogP contribution in [0.25, 0.3) is 0 Å². The van der Waals surface area contributed by atoms with E-state index in [-0.39, 0.29) is 5.41 Å². The third kappa shape index (κ3) is 2.64. The standard InChI is InChI=1S/C20H25N3O/c1-22-14-17(13-21-22)12-16-8-11-23(15-16)19(24)20(9-5-10-20)18-6-3-2-4-7-18/h2-4,6-7,13-14,16H,5,8-12,15H2,1H3/t16-/m1/s1. The SMILES string of the molecule is Cn1cc(C[C@H]2CCN(C(=O)C3(c4ccccc4)CCC3)C2)cn1. The van der Waals surface area contributed by atoms with E-state index < -0.39 is 0 Å². The van der Waals surface area contributed by atoms with Crippen LogP contribution in [0.2, 0.25) is 0 Å². The lowest BCUT2D eigenvalue weighted by molar-refractivity contribution is -0.140. The van der Waals surface area contributed by atoms with Gasteiger partial charge in [0.2, 0.25) is 5.91 Å². The third-order valence-corrected chi connectivity index (χ3v) is 5.80. The van der Waals surface area contributed by atoms with Gasteiger partial charge >= 0.3 is 0 Å². The number of carbonyl (C=O) groups is 1. The van der Waals surface area contributed by atoms with Crippen LogP contribution >= 0.6 is 0 Å². The van der Waals surface area contributed by atoms with Gasteiger partial charge in [-0.15, -0.1) is 0 Å². The van der Waals surface area contributed by atoms with Crippen molar-refractivity contribution in [2.24, 2.45) is 13.0 Å². The molecule has 2 aromatic rings. The number of hydrogen-bond acceptors (Lipinski definition) is 2. The Balaban J connectivity index is 1.45. The van der Waals surface area contributed by atoms with Gasteiger partial charge in [0.1, 0.15) is 0 Å². The minimum absolute atomic E-state index is 0.246. The van der Waals surface area contributed by atoms with E-state index in [1.807, 2.05) is 24.0 Å². The summed E-state index contributed by atoms with van der Waals surface area (Å²) in [6, 6.07) is 10.4. The van der Waals surface area contributed by atoms with E-state index in [0.29, 0.717) is 11.8 Å². The van der Waals surface area contributed by atoms with Crippen LogP contribution in [-0.4, -0.2) is 33.7 Å². The van der Waals surface area contributed by atoms with Crippen molar-refractivity contribution in [2.45, 2.75) is 37.5 Å². The summed E-state index contributed by atoms with van der Waals surface area (Å²) < 4.78 is 1.85. The Morgan fingerprint density at radius 2 is 2.08 bits per heavy atom. The van der Waals surface area contributed by atoms with Gasteiger partial charge < -0.3 is 4.90 Å². The van der Waals surface area contributed by atoms with E-state index in [9.17, 15) is 4.79 Å². The summed E-state index contributed by atoms with van der Waals surface area (Å²) in [4.78, 5) is 15.4. The van der Waals surface area contributed by atoms with E-state index in [1.165, 1.54) is 11.1 Å². The van der Waals surface area contributed by atoms with Gasteiger partial charge in [0.25, 0.3) is 0 Å². The topological polar surface area (TPSA) is 38.1 Å². The zero-order valence-corrected chi connectivity index (χ0v) is 14.3. The van der Waals surface area contributed by atoms with Crippen LogP contribution in [0.1, 0.15) is 36.8 Å². The van der Waals surface area contributed by atoms with Crippen LogP contribution < -0.4 is 0 Å². The molecule has 1 saturated heterocycles. The number of likely N-dealkylation sites (tertiary alicyclic amines) is 1. The van der Waals surface area contributed by atoms with Crippen LogP contribution in [0.3, 0.4) is 0 Å². The van der Waals surface area contributed by atoms with Gasteiger partial charge in [-0.05, 0) is 42.7 Å². The molecule has 24 heavy (non-hydrogen) atoms. The summed E-state index contributed by atoms with van der Waals surface area (Å²) in [7, 11) is 1.95. The molecule has 1 aliphatic carbocycles. The zero-order chi connectivity index (χ0) is 16.6. The third-order valence-electron chi connectivity index (χ3n) is 5.80. The Bertz CT molecular complexity index is 717. The predicted molar refractivity (Wildman–Crippen MR) is 93.6 cm³/mol. The predicted octanol–water partition coefficient (Wildman–Crippen LogP) is 2.93. The van der Waals surface area contributed by atoms with Crippen molar-refractivity contribution in [2.75, 3.05) is 13.1 Å². The van der Waals surface area contributed by atoms with Crippen molar-refractivity contribution in [3.63, 3.8) is 0 Å². The molecular weight excluding hydrogens is 298 g/mol. The van der Waals surface area contributed by atoms with E-state index in [2.05, 4.69) is 40.5 Å². The molecule has 1 saturated carbocycles. The van der Waals surface area contributed by atoms with E-state index in [0.717, 1.165) is 45.2 Å². The van der Waals surface area contributed by atoms with Crippen molar-refractivity contribution in [1.82, 2.24) is 14.7 Å². The van der Waals surface area contributed by atoms with Gasteiger partial charge in [0.05, 0.1) is 11.6 Å². The highest BCUT2D eigenvalue weighted by Crippen LogP contribution is 2.45. The number of amides is 1. The van der Waals surface area contributed by atoms with Crippen molar-refractivity contribution in [3.8, 4) is 0 Å². The van der Waals surface area contributed by atoms with Gasteiger partial charge in [-0.25, -0.2) is 0 Å². The number of aromatic nitrogens is 2. The highest BCUT2D eigenvalue weighted by molar-refractivity contribution is 5.89. The Morgan fingerprint density at radius 1 is 1.29 bits per heavy atom. The smallest absolute Gasteiger partial charge is 0.233 e. The molecule has 2 heterocycles. The second kappa shape index (κ2) is 6.08. The molecule has 1 atom stereocenters. The Kier molecular flexibility index (Phi) is 3.91. The van der Waals surface area contributed by atoms with E-state index in [4.69, 9.17) is 0 Å². The van der Waals surface area contributed by atoms with Crippen molar-refractivity contribution >= 4 is 5.91 Å². The summed E-state index contributed by atoms with van der Waals surface area (Å²) in [5.74, 6) is 0.916. The molecule has 126 valence electrons. The van der Waals surface area contributed by atoms with Gasteiger partial charge in [0.15, 0.2) is 0 Å². The van der Waals surface area contributed by atoms with Gasteiger partial charge in [-0.3, -0.25) is 9.48 Å². The Morgan fingerprint density at radius 3 is 2.71 bits per heavy atom. The first-order valence-corrected chi connectivity index (χ1v) is 9.00. The second-order valence-electron chi connectivity index (χ2n) is 7.43. The molecule has 1 aromatic carbocycles. The first kappa shape index (κ1) is 15.4. The normalized spacial score (nSPS) is 22.4. The van der Waals surface area contributed by atoms with Crippen molar-refractivity contribution in [3.05, 3.63) is 53.9 Å². The summed E-state index contributed by atoms with van der Waals surface area (Å²) in [6.07, 6.45) is 9.32. The van der Waals surface area contributed by atoms with E-state index >= 15 is 0 Å². The lowest BCUT2D eigenvalue weighted by atomic mass is 9.63. The minimum atomic E-state index is -0.246. The van der Waals surface area contributed by atoms with Crippen LogP contribution in [0, 0.1) is 5.92 Å². The molecule has 0 radical (unpaired) electrons. The lowest BCUT2D eigenvalue weighted by Gasteiger charge is -2.43. The molecule has 4 heteroatoms. The Hall–Kier alpha value is -2.10. The molecule has 0 unspecified atom stereocenters. The van der Waals surface area contributed by atoms with Crippen LogP contribution in [0.4, 0.5) is 0 Å². The maximum absolute atomic E-state index is 13.3. The molecule has 1 aliphatic heterocycles. The van der Waals surface area contributed by atoms with Crippen LogP contribution in [0.15, 0.2) is 42.7 Å². The Labute approximate surface area is 143 Å². The maximum Gasteiger partial charge on any atom is 0.233 e. The summed E-state index contributed by atoms with van der Waals surface area (Å²) in [5.41, 5.74) is 2.24. The lowest BCUT2D eigenvalue weighted by Crippen LogP contribution is -2.50. The average molecular weight is 323 g/mol. The molecule has 2 aliphatic rings. The largest absolute Gasteiger partial charge is 0.342 e. The highest BCUT2D eigenvalue weighted by atomic mass is 16.2. The first-order chi connectivity index (χ1) is 11.7. The van der Waals surface area contributed by atoms with Crippen molar-refractivity contribution in [1.29, 1.82) is 0 Å². The quantitative estimate of drug-likeness (QED) is 0.868. The number of benzene rings is 1. The van der Waals surface area contributed by atoms with Crippen LogP contribution in [-0.2, 0) is 23.7 Å². The molecule has 0 bridgehead atoms. The molecule has 4 rings (SSSR count). The summed E-state index contributed by atoms with van der Waals surface area (Å²) >= 11 is 0. The molecule has 4 nitrogen and oxygen atoms in total. The number of aryl methyl sites for hydroxylation is 1. The number of nitrogens with zero attached hydrogens (tertiary/aromatic N) is 3. The monoisotopic (exact) mass is 323 g/mol. The van der Waals surface area contributed by atoms with Crippen LogP contribution in [0.5, 0.6) is 0 Å². The fraction of sp³-hybridized carbons (Fsp3) is 0.500. The summed E-state index contributed by atoms with van der Waals surface area (Å²) in [6.45, 7) is 1.79. The first-order valence-electron chi connectivity index (χ1n) is 9.00. The number of hydrogen-bond donors (Lipinski definition) is 0. The molecule has 1 amide bonds. The number of carbonyl (C=O) groups excluding carboxylic acids is 1. The molecule has 2 fully saturated rings. The fourth-order valence-corrected chi connectivity index (χ4v) is 4.31.